The first-order valence-corrected chi connectivity index (χ1v) is 5.59. The molecule has 1 aromatic rings. The Balaban J connectivity index is 2.47. The minimum atomic E-state index is -0.202. The van der Waals surface area contributed by atoms with Crippen molar-refractivity contribution in [3.8, 4) is 0 Å². The summed E-state index contributed by atoms with van der Waals surface area (Å²) in [6.07, 6.45) is 3.26. The van der Waals surface area contributed by atoms with Crippen LogP contribution in [0.4, 0.5) is 0 Å². The summed E-state index contributed by atoms with van der Waals surface area (Å²) >= 11 is 1.64. The van der Waals surface area contributed by atoms with Crippen LogP contribution in [0.2, 0.25) is 0 Å². The Kier molecular flexibility index (Phi) is 4.52. The average molecular weight is 225 g/mol. The van der Waals surface area contributed by atoms with Crippen molar-refractivity contribution in [2.24, 2.45) is 0 Å². The van der Waals surface area contributed by atoms with Gasteiger partial charge in [0.15, 0.2) is 0 Å². The van der Waals surface area contributed by atoms with E-state index in [2.05, 4.69) is 5.32 Å². The summed E-state index contributed by atoms with van der Waals surface area (Å²) in [6.45, 7) is 3.73. The number of thiophene rings is 1. The molecule has 82 valence electrons. The summed E-state index contributed by atoms with van der Waals surface area (Å²) < 4.78 is 0. The van der Waals surface area contributed by atoms with Gasteiger partial charge in [-0.3, -0.25) is 4.79 Å². The third-order valence-corrected chi connectivity index (χ3v) is 2.79. The molecular formula is C11H15NO2S. The molecule has 1 unspecified atom stereocenters. The predicted molar refractivity (Wildman–Crippen MR) is 62.8 cm³/mol. The second-order valence-electron chi connectivity index (χ2n) is 3.37. The van der Waals surface area contributed by atoms with E-state index < -0.39 is 0 Å². The molecule has 0 fully saturated rings. The minimum Gasteiger partial charge on any atom is -0.394 e. The topological polar surface area (TPSA) is 49.3 Å². The first-order valence-electron chi connectivity index (χ1n) is 4.77. The van der Waals surface area contributed by atoms with E-state index in [1.165, 1.54) is 11.0 Å². The van der Waals surface area contributed by atoms with Crippen molar-refractivity contribution in [1.29, 1.82) is 0 Å². The van der Waals surface area contributed by atoms with Crippen LogP contribution in [0.25, 0.3) is 6.08 Å². The van der Waals surface area contributed by atoms with Crippen molar-refractivity contribution in [1.82, 2.24) is 5.32 Å². The smallest absolute Gasteiger partial charge is 0.244 e. The number of carbonyl (C=O) groups excluding carboxylic acids is 1. The van der Waals surface area contributed by atoms with Gasteiger partial charge >= 0.3 is 0 Å². The van der Waals surface area contributed by atoms with Crippen LogP contribution >= 0.6 is 11.3 Å². The zero-order valence-electron chi connectivity index (χ0n) is 8.86. The van der Waals surface area contributed by atoms with Gasteiger partial charge in [0.2, 0.25) is 5.91 Å². The summed E-state index contributed by atoms with van der Waals surface area (Å²) in [4.78, 5) is 13.6. The Hall–Kier alpha value is -1.13. The lowest BCUT2D eigenvalue weighted by Gasteiger charge is -2.07. The first-order chi connectivity index (χ1) is 7.11. The number of nitrogens with one attached hydrogen (secondary N) is 1. The molecular weight excluding hydrogens is 210 g/mol. The molecule has 1 amide bonds. The number of hydrogen-bond acceptors (Lipinski definition) is 3. The van der Waals surface area contributed by atoms with Crippen molar-refractivity contribution in [3.05, 3.63) is 28.0 Å². The monoisotopic (exact) mass is 225 g/mol. The first kappa shape index (κ1) is 11.9. The van der Waals surface area contributed by atoms with Gasteiger partial charge in [0.25, 0.3) is 0 Å². The fourth-order valence-electron chi connectivity index (χ4n) is 1.04. The number of amides is 1. The Morgan fingerprint density at radius 2 is 2.40 bits per heavy atom. The average Bonchev–Trinajstić information content (AvgIpc) is 2.61. The highest BCUT2D eigenvalue weighted by Gasteiger charge is 2.01. The number of hydrogen-bond donors (Lipinski definition) is 2. The highest BCUT2D eigenvalue weighted by molar-refractivity contribution is 7.12. The molecule has 1 atom stereocenters. The number of aryl methyl sites for hydroxylation is 1. The van der Waals surface area contributed by atoms with Crippen LogP contribution in [-0.4, -0.2) is 23.7 Å². The fourth-order valence-corrected chi connectivity index (χ4v) is 1.82. The molecule has 1 aromatic heterocycles. The van der Waals surface area contributed by atoms with E-state index in [0.29, 0.717) is 0 Å². The van der Waals surface area contributed by atoms with Crippen LogP contribution in [0.3, 0.4) is 0 Å². The minimum absolute atomic E-state index is 0.0440. The molecule has 0 radical (unpaired) electrons. The molecule has 0 saturated carbocycles. The van der Waals surface area contributed by atoms with Gasteiger partial charge in [-0.25, -0.2) is 0 Å². The molecule has 15 heavy (non-hydrogen) atoms. The van der Waals surface area contributed by atoms with E-state index in [1.54, 1.807) is 24.3 Å². The molecule has 1 heterocycles. The van der Waals surface area contributed by atoms with Gasteiger partial charge in [-0.2, -0.15) is 0 Å². The normalized spacial score (nSPS) is 13.0. The van der Waals surface area contributed by atoms with Crippen LogP contribution in [-0.2, 0) is 4.79 Å². The SMILES string of the molecule is Cc1ccc(/C=C/C(=O)NC(C)CO)s1. The van der Waals surface area contributed by atoms with Crippen LogP contribution in [0.1, 0.15) is 16.7 Å². The zero-order chi connectivity index (χ0) is 11.3. The third kappa shape index (κ3) is 4.27. The molecule has 2 N–H and O–H groups in total. The maximum atomic E-state index is 11.3. The highest BCUT2D eigenvalue weighted by atomic mass is 32.1. The summed E-state index contributed by atoms with van der Waals surface area (Å²) in [5.74, 6) is -0.178. The van der Waals surface area contributed by atoms with Gasteiger partial charge in [-0.1, -0.05) is 0 Å². The van der Waals surface area contributed by atoms with Gasteiger partial charge in [0, 0.05) is 21.9 Å². The lowest BCUT2D eigenvalue weighted by Crippen LogP contribution is -2.33. The van der Waals surface area contributed by atoms with Gasteiger partial charge in [-0.05, 0) is 32.1 Å². The van der Waals surface area contributed by atoms with Crippen LogP contribution in [0.15, 0.2) is 18.2 Å². The standard InChI is InChI=1S/C11H15NO2S/c1-8(7-13)12-11(14)6-5-10-4-3-9(2)15-10/h3-6,8,13H,7H2,1-2H3,(H,12,14)/b6-5+. The van der Waals surface area contributed by atoms with Crippen LogP contribution in [0, 0.1) is 6.92 Å². The fraction of sp³-hybridized carbons (Fsp3) is 0.364. The summed E-state index contributed by atoms with van der Waals surface area (Å²) in [7, 11) is 0. The lowest BCUT2D eigenvalue weighted by molar-refractivity contribution is -0.117. The van der Waals surface area contributed by atoms with Gasteiger partial charge < -0.3 is 10.4 Å². The van der Waals surface area contributed by atoms with Crippen molar-refractivity contribution >= 4 is 23.3 Å². The molecule has 0 bridgehead atoms. The van der Waals surface area contributed by atoms with Crippen molar-refractivity contribution in [2.75, 3.05) is 6.61 Å². The summed E-state index contributed by atoms with van der Waals surface area (Å²) in [6, 6.07) is 3.78. The number of aliphatic hydroxyl groups excluding tert-OH is 1. The summed E-state index contributed by atoms with van der Waals surface area (Å²) in [5, 5.41) is 11.4. The van der Waals surface area contributed by atoms with Crippen molar-refractivity contribution < 1.29 is 9.90 Å². The molecule has 0 spiro atoms. The van der Waals surface area contributed by atoms with Crippen LogP contribution < -0.4 is 5.32 Å². The van der Waals surface area contributed by atoms with E-state index in [1.807, 2.05) is 19.1 Å². The van der Waals surface area contributed by atoms with Gasteiger partial charge in [-0.15, -0.1) is 11.3 Å². The van der Waals surface area contributed by atoms with Crippen molar-refractivity contribution in [2.45, 2.75) is 19.9 Å². The van der Waals surface area contributed by atoms with E-state index in [-0.39, 0.29) is 18.6 Å². The molecule has 1 rings (SSSR count). The number of carbonyl (C=O) groups is 1. The van der Waals surface area contributed by atoms with Crippen LogP contribution in [0.5, 0.6) is 0 Å². The van der Waals surface area contributed by atoms with Gasteiger partial charge in [0.1, 0.15) is 0 Å². The highest BCUT2D eigenvalue weighted by Crippen LogP contribution is 2.16. The molecule has 0 aliphatic heterocycles. The van der Waals surface area contributed by atoms with E-state index in [9.17, 15) is 4.79 Å². The van der Waals surface area contributed by atoms with E-state index >= 15 is 0 Å². The van der Waals surface area contributed by atoms with E-state index in [0.717, 1.165) is 4.88 Å². The van der Waals surface area contributed by atoms with Crippen molar-refractivity contribution in [3.63, 3.8) is 0 Å². The lowest BCUT2D eigenvalue weighted by atomic mass is 10.3. The second kappa shape index (κ2) is 5.68. The molecule has 0 aromatic carbocycles. The molecule has 3 nitrogen and oxygen atoms in total. The zero-order valence-corrected chi connectivity index (χ0v) is 9.67. The number of aliphatic hydroxyl groups is 1. The summed E-state index contributed by atoms with van der Waals surface area (Å²) in [5.41, 5.74) is 0. The molecule has 4 heteroatoms. The maximum Gasteiger partial charge on any atom is 0.244 e. The molecule has 0 aliphatic carbocycles. The van der Waals surface area contributed by atoms with E-state index in [4.69, 9.17) is 5.11 Å². The predicted octanol–water partition coefficient (Wildman–Crippen LogP) is 1.57. The quantitative estimate of drug-likeness (QED) is 0.764. The molecule has 0 aliphatic rings. The Labute approximate surface area is 93.4 Å². The number of rotatable bonds is 4. The Morgan fingerprint density at radius 3 is 2.93 bits per heavy atom. The maximum absolute atomic E-state index is 11.3. The Bertz CT molecular complexity index is 357. The third-order valence-electron chi connectivity index (χ3n) is 1.82. The molecule has 0 saturated heterocycles. The largest absolute Gasteiger partial charge is 0.394 e. The Morgan fingerprint density at radius 1 is 1.67 bits per heavy atom. The second-order valence-corrected chi connectivity index (χ2v) is 4.69. The van der Waals surface area contributed by atoms with Gasteiger partial charge in [0.05, 0.1) is 6.61 Å².